The highest BCUT2D eigenvalue weighted by Gasteiger charge is 2.40. The van der Waals surface area contributed by atoms with E-state index in [-0.39, 0.29) is 0 Å². The summed E-state index contributed by atoms with van der Waals surface area (Å²) >= 11 is 6.22. The third-order valence-electron chi connectivity index (χ3n) is 6.74. The van der Waals surface area contributed by atoms with Gasteiger partial charge in [-0.05, 0) is 18.8 Å². The molecular weight excluding hydrogens is 565 g/mol. The number of hydrogen-bond acceptors (Lipinski definition) is 4. The summed E-state index contributed by atoms with van der Waals surface area (Å²) in [5.74, 6) is 0. The molecule has 0 spiro atoms. The predicted molar refractivity (Wildman–Crippen MR) is 181 cm³/mol. The van der Waals surface area contributed by atoms with Crippen molar-refractivity contribution in [2.45, 2.75) is 0 Å². The molecule has 40 heavy (non-hydrogen) atoms. The van der Waals surface area contributed by atoms with Crippen LogP contribution < -0.4 is 26.5 Å². The molecule has 0 fully saturated rings. The summed E-state index contributed by atoms with van der Waals surface area (Å²) in [7, 11) is -8.05. The Bertz CT molecular complexity index is 1640. The first-order valence-corrected chi connectivity index (χ1v) is 19.0. The van der Waals surface area contributed by atoms with Gasteiger partial charge in [-0.2, -0.15) is 0 Å². The molecule has 0 saturated heterocycles. The molecule has 8 heteroatoms. The molecule has 0 bridgehead atoms. The van der Waals surface area contributed by atoms with E-state index in [1.807, 2.05) is 54.6 Å². The predicted octanol–water partition coefficient (Wildman–Crippen LogP) is 8.68. The molecule has 1 aliphatic rings. The first-order valence-electron chi connectivity index (χ1n) is 13.0. The summed E-state index contributed by atoms with van der Waals surface area (Å²) in [6.45, 7) is 2.15. The topological polar surface area (TPSA) is 49.1 Å². The zero-order chi connectivity index (χ0) is 27.5. The summed E-state index contributed by atoms with van der Waals surface area (Å²) in [5.41, 5.74) is 0.938. The van der Waals surface area contributed by atoms with Gasteiger partial charge in [-0.25, -0.2) is 13.5 Å². The molecule has 198 valence electrons. The van der Waals surface area contributed by atoms with Crippen LogP contribution in [0.4, 0.5) is 5.69 Å². The van der Waals surface area contributed by atoms with E-state index < -0.39 is 21.6 Å². The maximum atomic E-state index is 6.22. The highest BCUT2D eigenvalue weighted by Crippen LogP contribution is 2.76. The van der Waals surface area contributed by atoms with Gasteiger partial charge in [-0.1, -0.05) is 152 Å². The lowest BCUT2D eigenvalue weighted by Crippen LogP contribution is -2.22. The molecule has 0 saturated carbocycles. The molecule has 1 aliphatic heterocycles. The van der Waals surface area contributed by atoms with E-state index in [0.29, 0.717) is 4.73 Å². The Hall–Kier alpha value is -3.32. The number of benzene rings is 5. The molecule has 6 rings (SSSR count). The van der Waals surface area contributed by atoms with Crippen LogP contribution in [-0.2, 0) is 0 Å². The van der Waals surface area contributed by atoms with Crippen molar-refractivity contribution < 1.29 is 0 Å². The van der Waals surface area contributed by atoms with Gasteiger partial charge < -0.3 is 5.32 Å². The van der Waals surface area contributed by atoms with Gasteiger partial charge in [0.1, 0.15) is 26.3 Å². The normalized spacial score (nSPS) is 18.8. The van der Waals surface area contributed by atoms with Gasteiger partial charge in [0.05, 0.1) is 0 Å². The molecule has 5 aromatic carbocycles. The Labute approximate surface area is 241 Å². The van der Waals surface area contributed by atoms with Gasteiger partial charge in [0, 0.05) is 26.9 Å². The van der Waals surface area contributed by atoms with E-state index >= 15 is 0 Å². The van der Waals surface area contributed by atoms with Crippen LogP contribution in [0.3, 0.4) is 0 Å². The Morgan fingerprint density at radius 2 is 0.800 bits per heavy atom. The second kappa shape index (κ2) is 11.3. The maximum absolute atomic E-state index is 6.22. The lowest BCUT2D eigenvalue weighted by Gasteiger charge is -2.36. The third-order valence-corrected chi connectivity index (χ3v) is 19.8. The van der Waals surface area contributed by atoms with Crippen molar-refractivity contribution in [2.75, 3.05) is 12.0 Å². The molecule has 1 heterocycles. The van der Waals surface area contributed by atoms with Crippen LogP contribution in [0, 0.1) is 0 Å². The average Bonchev–Trinajstić information content (AvgIpc) is 3.03. The highest BCUT2D eigenvalue weighted by atomic mass is 32.1. The van der Waals surface area contributed by atoms with Gasteiger partial charge >= 0.3 is 0 Å². The molecule has 5 aromatic rings. The Balaban J connectivity index is 1.77. The quantitative estimate of drug-likeness (QED) is 0.158. The number of anilines is 1. The van der Waals surface area contributed by atoms with E-state index in [1.165, 1.54) is 0 Å². The number of nitrogens with one attached hydrogen (secondary N) is 1. The zero-order valence-corrected chi connectivity index (χ0v) is 25.5. The van der Waals surface area contributed by atoms with Gasteiger partial charge in [0.2, 0.25) is 0 Å². The van der Waals surface area contributed by atoms with E-state index in [2.05, 4.69) is 109 Å². The fourth-order valence-corrected chi connectivity index (χ4v) is 19.8. The second-order valence-corrected chi connectivity index (χ2v) is 19.1. The van der Waals surface area contributed by atoms with Crippen molar-refractivity contribution in [1.82, 2.24) is 0 Å². The second-order valence-electron chi connectivity index (χ2n) is 9.52. The fraction of sp³-hybridized carbons (Fsp3) is 0.0312. The summed E-state index contributed by atoms with van der Waals surface area (Å²) in [6, 6.07) is 52.3. The summed E-state index contributed by atoms with van der Waals surface area (Å²) in [6.07, 6.45) is 0. The number of para-hydroxylation sites is 1. The van der Waals surface area contributed by atoms with Crippen molar-refractivity contribution in [3.8, 4) is 0 Å². The molecule has 0 aromatic heterocycles. The van der Waals surface area contributed by atoms with E-state index in [4.69, 9.17) is 25.8 Å². The van der Waals surface area contributed by atoms with Crippen LogP contribution in [0.15, 0.2) is 165 Å². The Morgan fingerprint density at radius 3 is 1.18 bits per heavy atom. The number of thiocarbonyl (C=S) groups is 1. The molecule has 1 N–H and O–H groups in total. The van der Waals surface area contributed by atoms with Gasteiger partial charge in [0.15, 0.2) is 0 Å². The van der Waals surface area contributed by atoms with Crippen molar-refractivity contribution in [1.29, 1.82) is 0 Å². The van der Waals surface area contributed by atoms with Gasteiger partial charge in [0.25, 0.3) is 0 Å². The summed E-state index contributed by atoms with van der Waals surface area (Å²) in [5, 5.41) is 7.97. The lowest BCUT2D eigenvalue weighted by atomic mass is 10.3. The fourth-order valence-electron chi connectivity index (χ4n) is 4.83. The van der Waals surface area contributed by atoms with E-state index in [9.17, 15) is 0 Å². The smallest absolute Gasteiger partial charge is 0.141 e. The highest BCUT2D eigenvalue weighted by molar-refractivity contribution is 8.08. The largest absolute Gasteiger partial charge is 0.344 e. The molecule has 0 amide bonds. The SMILES string of the molecule is CP1(C(=S)Nc2ccccc2)=NP(c2ccccc2)(c2ccccc2)=NP(c2ccccc2)(c2ccccc2)=N1. The van der Waals surface area contributed by atoms with E-state index in [1.54, 1.807) is 0 Å². The zero-order valence-electron chi connectivity index (χ0n) is 22.0. The Kier molecular flexibility index (Phi) is 7.58. The van der Waals surface area contributed by atoms with Crippen LogP contribution in [0.25, 0.3) is 0 Å². The van der Waals surface area contributed by atoms with E-state index in [0.717, 1.165) is 26.9 Å². The van der Waals surface area contributed by atoms with Crippen LogP contribution in [-0.4, -0.2) is 11.4 Å². The first-order chi connectivity index (χ1) is 19.5. The average molecular weight is 595 g/mol. The standard InChI is InChI=1S/C32H29N4P3S/c1-37(32(40)33-27-17-7-2-8-18-27)34-38(28-19-9-3-10-20-28,29-21-11-4-12-22-29)36-39(35-37,30-23-13-5-14-24-30)31-25-15-6-16-26-31/h2-26H,1H3,(H,33,40). The monoisotopic (exact) mass is 594 g/mol. The van der Waals surface area contributed by atoms with Crippen molar-refractivity contribution in [3.05, 3.63) is 152 Å². The summed E-state index contributed by atoms with van der Waals surface area (Å²) < 4.78 is 18.1. The molecule has 1 unspecified atom stereocenters. The van der Waals surface area contributed by atoms with Crippen molar-refractivity contribution in [2.24, 2.45) is 13.5 Å². The maximum Gasteiger partial charge on any atom is 0.141 e. The minimum Gasteiger partial charge on any atom is -0.344 e. The molecule has 4 nitrogen and oxygen atoms in total. The van der Waals surface area contributed by atoms with Crippen LogP contribution in [0.2, 0.25) is 0 Å². The van der Waals surface area contributed by atoms with Crippen molar-refractivity contribution in [3.63, 3.8) is 0 Å². The minimum absolute atomic E-state index is 0.668. The minimum atomic E-state index is -2.70. The lowest BCUT2D eigenvalue weighted by molar-refractivity contribution is 1.62. The molecule has 0 aliphatic carbocycles. The Morgan fingerprint density at radius 1 is 0.475 bits per heavy atom. The summed E-state index contributed by atoms with van der Waals surface area (Å²) in [4.78, 5) is 0. The van der Waals surface area contributed by atoms with Crippen LogP contribution in [0.5, 0.6) is 0 Å². The third kappa shape index (κ3) is 5.00. The van der Waals surface area contributed by atoms with Gasteiger partial charge in [-0.3, -0.25) is 0 Å². The van der Waals surface area contributed by atoms with Crippen molar-refractivity contribution >= 4 is 65.5 Å². The number of nitrogens with zero attached hydrogens (tertiary/aromatic N) is 3. The van der Waals surface area contributed by atoms with Crippen LogP contribution in [0.1, 0.15) is 0 Å². The number of rotatable bonds is 6. The first kappa shape index (κ1) is 26.9. The van der Waals surface area contributed by atoms with Crippen LogP contribution >= 0.6 is 33.8 Å². The molecular formula is C32H29N4P3S. The molecule has 1 atom stereocenters. The number of hydrogen-bond donors (Lipinski definition) is 1. The van der Waals surface area contributed by atoms with Gasteiger partial charge in [-0.15, -0.1) is 0 Å². The molecule has 0 radical (unpaired) electrons.